The van der Waals surface area contributed by atoms with Gasteiger partial charge in [-0.05, 0) is 61.0 Å². The van der Waals surface area contributed by atoms with E-state index in [2.05, 4.69) is 9.71 Å². The molecule has 5 nitrogen and oxygen atoms in total. The number of alkyl halides is 3. The zero-order valence-electron chi connectivity index (χ0n) is 15.2. The first-order valence-electron chi connectivity index (χ1n) is 8.25. The molecule has 3 aromatic rings. The molecule has 0 unspecified atom stereocenters. The number of pyridine rings is 1. The Labute approximate surface area is 180 Å². The first-order valence-corrected chi connectivity index (χ1v) is 10.5. The topological polar surface area (TPSA) is 68.3 Å². The maximum Gasteiger partial charge on any atom is 0.417 e. The average Bonchev–Trinajstić information content (AvgIpc) is 2.65. The molecule has 0 saturated heterocycles. The lowest BCUT2D eigenvalue weighted by Crippen LogP contribution is -2.13. The van der Waals surface area contributed by atoms with Crippen molar-refractivity contribution in [1.82, 2.24) is 4.98 Å². The SMILES string of the molecule is Cc1cc(Cl)ccc1NS(=O)(=O)c1ccc(Oc2ncc(C(F)(F)F)cc2Cl)cc1. The Morgan fingerprint density at radius 2 is 1.70 bits per heavy atom. The molecule has 0 aliphatic rings. The van der Waals surface area contributed by atoms with Gasteiger partial charge in [0.05, 0.1) is 16.1 Å². The molecule has 0 aliphatic carbocycles. The number of anilines is 1. The number of rotatable bonds is 5. The summed E-state index contributed by atoms with van der Waals surface area (Å²) in [6.45, 7) is 1.71. The minimum Gasteiger partial charge on any atom is -0.438 e. The van der Waals surface area contributed by atoms with Gasteiger partial charge in [-0.3, -0.25) is 4.72 Å². The van der Waals surface area contributed by atoms with Gasteiger partial charge in [0.15, 0.2) is 0 Å². The first-order chi connectivity index (χ1) is 14.0. The zero-order chi connectivity index (χ0) is 22.1. The van der Waals surface area contributed by atoms with Crippen molar-refractivity contribution >= 4 is 38.9 Å². The van der Waals surface area contributed by atoms with Gasteiger partial charge >= 0.3 is 6.18 Å². The molecule has 0 saturated carbocycles. The highest BCUT2D eigenvalue weighted by atomic mass is 35.5. The van der Waals surface area contributed by atoms with E-state index in [9.17, 15) is 21.6 Å². The number of aromatic nitrogens is 1. The maximum atomic E-state index is 12.7. The van der Waals surface area contributed by atoms with Crippen LogP contribution in [-0.4, -0.2) is 13.4 Å². The van der Waals surface area contributed by atoms with Gasteiger partial charge in [0.25, 0.3) is 10.0 Å². The predicted octanol–water partition coefficient (Wildman–Crippen LogP) is 6.31. The average molecular weight is 477 g/mol. The van der Waals surface area contributed by atoms with E-state index in [1.807, 2.05) is 0 Å². The summed E-state index contributed by atoms with van der Waals surface area (Å²) < 4.78 is 71.0. The Kier molecular flexibility index (Phi) is 6.16. The molecule has 0 radical (unpaired) electrons. The van der Waals surface area contributed by atoms with Crippen molar-refractivity contribution in [1.29, 1.82) is 0 Å². The van der Waals surface area contributed by atoms with E-state index in [0.29, 0.717) is 28.5 Å². The van der Waals surface area contributed by atoms with Gasteiger partial charge in [-0.2, -0.15) is 13.2 Å². The molecule has 2 aromatic carbocycles. The normalized spacial score (nSPS) is 11.9. The highest BCUT2D eigenvalue weighted by Crippen LogP contribution is 2.35. The molecule has 1 heterocycles. The molecule has 1 N–H and O–H groups in total. The van der Waals surface area contributed by atoms with Gasteiger partial charge in [-0.25, -0.2) is 13.4 Å². The van der Waals surface area contributed by atoms with Crippen molar-refractivity contribution in [3.8, 4) is 11.6 Å². The molecule has 158 valence electrons. The second kappa shape index (κ2) is 8.33. The summed E-state index contributed by atoms with van der Waals surface area (Å²) in [5, 5.41) is 0.147. The molecule has 3 rings (SSSR count). The van der Waals surface area contributed by atoms with E-state index in [4.69, 9.17) is 27.9 Å². The standard InChI is InChI=1S/C19H13Cl2F3N2O3S/c1-11-8-13(20)2-7-17(11)26-30(27,28)15-5-3-14(4-6-15)29-18-16(21)9-12(10-25-18)19(22,23)24/h2-10,26H,1H3. The fourth-order valence-corrected chi connectivity index (χ4v) is 3.96. The zero-order valence-corrected chi connectivity index (χ0v) is 17.5. The van der Waals surface area contributed by atoms with Crippen LogP contribution in [0, 0.1) is 6.92 Å². The van der Waals surface area contributed by atoms with Crippen LogP contribution >= 0.6 is 23.2 Å². The summed E-state index contributed by atoms with van der Waals surface area (Å²) in [5.74, 6) is -0.0963. The minimum absolute atomic E-state index is 0.0457. The van der Waals surface area contributed by atoms with Crippen molar-refractivity contribution in [3.05, 3.63) is 75.9 Å². The summed E-state index contributed by atoms with van der Waals surface area (Å²) in [6.07, 6.45) is -3.99. The Hall–Kier alpha value is -2.49. The van der Waals surface area contributed by atoms with E-state index in [1.165, 1.54) is 24.3 Å². The monoisotopic (exact) mass is 476 g/mol. The predicted molar refractivity (Wildman–Crippen MR) is 108 cm³/mol. The van der Waals surface area contributed by atoms with Crippen LogP contribution < -0.4 is 9.46 Å². The van der Waals surface area contributed by atoms with Crippen molar-refractivity contribution in [2.24, 2.45) is 0 Å². The van der Waals surface area contributed by atoms with E-state index in [-0.39, 0.29) is 21.5 Å². The lowest BCUT2D eigenvalue weighted by atomic mass is 10.2. The molecule has 0 bridgehead atoms. The number of halogens is 5. The second-order valence-electron chi connectivity index (χ2n) is 6.15. The van der Waals surface area contributed by atoms with Crippen LogP contribution in [-0.2, 0) is 16.2 Å². The van der Waals surface area contributed by atoms with Crippen LogP contribution in [0.4, 0.5) is 18.9 Å². The van der Waals surface area contributed by atoms with Crippen molar-refractivity contribution in [3.63, 3.8) is 0 Å². The largest absolute Gasteiger partial charge is 0.438 e. The number of ether oxygens (including phenoxy) is 1. The minimum atomic E-state index is -4.58. The van der Waals surface area contributed by atoms with Gasteiger partial charge in [-0.1, -0.05) is 23.2 Å². The van der Waals surface area contributed by atoms with E-state index in [0.717, 1.165) is 0 Å². The Morgan fingerprint density at radius 1 is 1.03 bits per heavy atom. The number of benzene rings is 2. The molecule has 1 aromatic heterocycles. The molecule has 0 atom stereocenters. The van der Waals surface area contributed by atoms with Crippen molar-refractivity contribution in [2.45, 2.75) is 18.0 Å². The summed E-state index contributed by atoms with van der Waals surface area (Å²) in [7, 11) is -3.88. The second-order valence-corrected chi connectivity index (χ2v) is 8.67. The third-order valence-electron chi connectivity index (χ3n) is 3.92. The third-order valence-corrected chi connectivity index (χ3v) is 5.80. The summed E-state index contributed by atoms with van der Waals surface area (Å²) in [5.41, 5.74) is 0.0133. The molecule has 0 amide bonds. The number of nitrogens with one attached hydrogen (secondary N) is 1. The van der Waals surface area contributed by atoms with Crippen LogP contribution in [0.2, 0.25) is 10.0 Å². The molecule has 0 aliphatic heterocycles. The number of sulfonamides is 1. The van der Waals surface area contributed by atoms with Gasteiger partial charge in [0, 0.05) is 11.2 Å². The molecule has 30 heavy (non-hydrogen) atoms. The van der Waals surface area contributed by atoms with Crippen molar-refractivity contribution < 1.29 is 26.3 Å². The van der Waals surface area contributed by atoms with Crippen LogP contribution in [0.3, 0.4) is 0 Å². The number of hydrogen-bond acceptors (Lipinski definition) is 4. The summed E-state index contributed by atoms with van der Waals surface area (Å²) >= 11 is 11.7. The van der Waals surface area contributed by atoms with Crippen molar-refractivity contribution in [2.75, 3.05) is 4.72 Å². The highest BCUT2D eigenvalue weighted by Gasteiger charge is 2.31. The Balaban J connectivity index is 1.77. The lowest BCUT2D eigenvalue weighted by molar-refractivity contribution is -0.137. The number of aryl methyl sites for hydroxylation is 1. The van der Waals surface area contributed by atoms with Gasteiger partial charge < -0.3 is 4.74 Å². The molecular formula is C19H13Cl2F3N2O3S. The van der Waals surface area contributed by atoms with Crippen LogP contribution in [0.15, 0.2) is 59.6 Å². The van der Waals surface area contributed by atoms with Crippen LogP contribution in [0.1, 0.15) is 11.1 Å². The quantitative estimate of drug-likeness (QED) is 0.468. The molecule has 0 spiro atoms. The fraction of sp³-hybridized carbons (Fsp3) is 0.105. The third kappa shape index (κ3) is 5.16. The summed E-state index contributed by atoms with van der Waals surface area (Å²) in [4.78, 5) is 3.52. The summed E-state index contributed by atoms with van der Waals surface area (Å²) in [6, 6.07) is 10.6. The van der Waals surface area contributed by atoms with E-state index in [1.54, 1.807) is 25.1 Å². The molecular weight excluding hydrogens is 464 g/mol. The Bertz CT molecular complexity index is 1180. The number of hydrogen-bond donors (Lipinski definition) is 1. The fourth-order valence-electron chi connectivity index (χ4n) is 2.40. The van der Waals surface area contributed by atoms with Crippen LogP contribution in [0.5, 0.6) is 11.6 Å². The smallest absolute Gasteiger partial charge is 0.417 e. The van der Waals surface area contributed by atoms with Gasteiger partial charge in [0.1, 0.15) is 10.8 Å². The van der Waals surface area contributed by atoms with Gasteiger partial charge in [-0.15, -0.1) is 0 Å². The first kappa shape index (κ1) is 22.2. The van der Waals surface area contributed by atoms with Gasteiger partial charge in [0.2, 0.25) is 5.88 Å². The Morgan fingerprint density at radius 3 is 2.27 bits per heavy atom. The van der Waals surface area contributed by atoms with E-state index < -0.39 is 21.8 Å². The van der Waals surface area contributed by atoms with E-state index >= 15 is 0 Å². The highest BCUT2D eigenvalue weighted by molar-refractivity contribution is 7.92. The molecule has 0 fully saturated rings. The molecule has 11 heteroatoms. The maximum absolute atomic E-state index is 12.7. The number of nitrogens with zero attached hydrogens (tertiary/aromatic N) is 1. The lowest BCUT2D eigenvalue weighted by Gasteiger charge is -2.12. The van der Waals surface area contributed by atoms with Crippen LogP contribution in [0.25, 0.3) is 0 Å².